The van der Waals surface area contributed by atoms with Gasteiger partial charge in [-0.05, 0) is 83.6 Å². The minimum absolute atomic E-state index is 0.0546. The summed E-state index contributed by atoms with van der Waals surface area (Å²) in [5.74, 6) is -5.42. The summed E-state index contributed by atoms with van der Waals surface area (Å²) in [6.45, 7) is 1.97. The highest BCUT2D eigenvalue weighted by molar-refractivity contribution is 5.75. The van der Waals surface area contributed by atoms with Crippen molar-refractivity contribution in [3.63, 3.8) is 0 Å². The molecule has 0 unspecified atom stereocenters. The molecule has 0 amide bonds. The predicted octanol–water partition coefficient (Wildman–Crippen LogP) is 10.3. The third-order valence-electron chi connectivity index (χ3n) is 6.45. The molecule has 8 heteroatoms. The van der Waals surface area contributed by atoms with Crippen LogP contribution in [0, 0.1) is 34.9 Å². The molecular formula is C33H24F8. The van der Waals surface area contributed by atoms with Gasteiger partial charge in [-0.1, -0.05) is 49.8 Å². The van der Waals surface area contributed by atoms with E-state index in [4.69, 9.17) is 0 Å². The first-order valence-corrected chi connectivity index (χ1v) is 12.8. The second-order valence-electron chi connectivity index (χ2n) is 9.38. The van der Waals surface area contributed by atoms with Gasteiger partial charge in [-0.2, -0.15) is 0 Å². The summed E-state index contributed by atoms with van der Waals surface area (Å²) in [5, 5.41) is 0. The van der Waals surface area contributed by atoms with Crippen LogP contribution in [0.2, 0.25) is 0 Å². The average Bonchev–Trinajstić information content (AvgIpc) is 2.90. The van der Waals surface area contributed by atoms with Gasteiger partial charge in [0.15, 0.2) is 0 Å². The van der Waals surface area contributed by atoms with Crippen LogP contribution < -0.4 is 0 Å². The predicted molar refractivity (Wildman–Crippen MR) is 145 cm³/mol. The molecule has 0 aliphatic carbocycles. The van der Waals surface area contributed by atoms with Crippen LogP contribution >= 0.6 is 0 Å². The van der Waals surface area contributed by atoms with Crippen molar-refractivity contribution < 1.29 is 35.1 Å². The minimum Gasteiger partial charge on any atom is -0.207 e. The number of allylic oxidation sites excluding steroid dienone is 2. The van der Waals surface area contributed by atoms with E-state index in [1.54, 1.807) is 12.1 Å². The van der Waals surface area contributed by atoms with E-state index >= 15 is 4.39 Å². The standard InChI is InChI=1S/C33H24F8/c1-2-4-19-7-10-23(27(34)13-19)21-9-12-24(30(37)16-21)22-17-31(38)26(32(39)18-22)11-8-20-14-28(35)25(29(36)15-20)5-3-6-33(40)41/h3,6-18,33H,2,4-5H2,1H3/b6-3+,11-8+. The zero-order chi connectivity index (χ0) is 29.7. The van der Waals surface area contributed by atoms with Gasteiger partial charge in [0.1, 0.15) is 34.9 Å². The summed E-state index contributed by atoms with van der Waals surface area (Å²) in [4.78, 5) is 0. The highest BCUT2D eigenvalue weighted by Gasteiger charge is 2.16. The van der Waals surface area contributed by atoms with E-state index in [0.29, 0.717) is 12.5 Å². The maximum atomic E-state index is 15.0. The molecular weight excluding hydrogens is 548 g/mol. The van der Waals surface area contributed by atoms with Crippen molar-refractivity contribution in [1.82, 2.24) is 0 Å². The Bertz CT molecular complexity index is 1570. The van der Waals surface area contributed by atoms with Crippen LogP contribution in [-0.4, -0.2) is 6.43 Å². The Kier molecular flexibility index (Phi) is 9.42. The number of halogens is 8. The lowest BCUT2D eigenvalue weighted by atomic mass is 9.97. The van der Waals surface area contributed by atoms with Crippen LogP contribution in [-0.2, 0) is 12.8 Å². The third-order valence-corrected chi connectivity index (χ3v) is 6.45. The third kappa shape index (κ3) is 7.12. The van der Waals surface area contributed by atoms with Crippen molar-refractivity contribution in [3.05, 3.63) is 130 Å². The van der Waals surface area contributed by atoms with E-state index in [9.17, 15) is 30.7 Å². The van der Waals surface area contributed by atoms with Gasteiger partial charge in [0.25, 0.3) is 6.43 Å². The van der Waals surface area contributed by atoms with Gasteiger partial charge < -0.3 is 0 Å². The molecule has 4 aromatic carbocycles. The normalized spacial score (nSPS) is 11.9. The molecule has 41 heavy (non-hydrogen) atoms. The van der Waals surface area contributed by atoms with Gasteiger partial charge in [-0.25, -0.2) is 35.1 Å². The van der Waals surface area contributed by atoms with Crippen LogP contribution in [0.15, 0.2) is 72.8 Å². The fourth-order valence-corrected chi connectivity index (χ4v) is 4.43. The number of benzene rings is 4. The topological polar surface area (TPSA) is 0 Å². The molecule has 0 saturated heterocycles. The molecule has 0 radical (unpaired) electrons. The molecule has 0 aromatic heterocycles. The lowest BCUT2D eigenvalue weighted by molar-refractivity contribution is 0.204. The van der Waals surface area contributed by atoms with E-state index in [-0.39, 0.29) is 27.8 Å². The Hall–Kier alpha value is -4.20. The van der Waals surface area contributed by atoms with Crippen molar-refractivity contribution >= 4 is 12.2 Å². The first-order valence-electron chi connectivity index (χ1n) is 12.8. The van der Waals surface area contributed by atoms with Crippen molar-refractivity contribution in [2.75, 3.05) is 0 Å². The second kappa shape index (κ2) is 13.0. The van der Waals surface area contributed by atoms with Crippen LogP contribution in [0.3, 0.4) is 0 Å². The van der Waals surface area contributed by atoms with E-state index < -0.39 is 58.9 Å². The maximum Gasteiger partial charge on any atom is 0.257 e. The quantitative estimate of drug-likeness (QED) is 0.106. The molecule has 0 aliphatic rings. The molecule has 0 spiro atoms. The molecule has 4 aromatic rings. The maximum absolute atomic E-state index is 15.0. The van der Waals surface area contributed by atoms with Crippen LogP contribution in [0.25, 0.3) is 34.4 Å². The van der Waals surface area contributed by atoms with Gasteiger partial charge in [0.2, 0.25) is 0 Å². The highest BCUT2D eigenvalue weighted by atomic mass is 19.3. The largest absolute Gasteiger partial charge is 0.257 e. The van der Waals surface area contributed by atoms with Crippen molar-refractivity contribution in [2.24, 2.45) is 0 Å². The highest BCUT2D eigenvalue weighted by Crippen LogP contribution is 2.32. The van der Waals surface area contributed by atoms with Gasteiger partial charge in [0, 0.05) is 22.3 Å². The molecule has 0 saturated carbocycles. The molecule has 0 fully saturated rings. The summed E-state index contributed by atoms with van der Waals surface area (Å²) in [6, 6.07) is 12.2. The van der Waals surface area contributed by atoms with E-state index in [1.807, 2.05) is 6.92 Å². The Morgan fingerprint density at radius 3 is 1.80 bits per heavy atom. The lowest BCUT2D eigenvalue weighted by Gasteiger charge is -2.10. The van der Waals surface area contributed by atoms with Gasteiger partial charge >= 0.3 is 0 Å². The zero-order valence-electron chi connectivity index (χ0n) is 21.8. The average molecular weight is 573 g/mol. The number of aryl methyl sites for hydroxylation is 1. The fourth-order valence-electron chi connectivity index (χ4n) is 4.43. The van der Waals surface area contributed by atoms with Crippen LogP contribution in [0.1, 0.15) is 35.6 Å². The van der Waals surface area contributed by atoms with Crippen LogP contribution in [0.4, 0.5) is 35.1 Å². The Balaban J connectivity index is 1.57. The second-order valence-corrected chi connectivity index (χ2v) is 9.38. The fraction of sp³-hybridized carbons (Fsp3) is 0.152. The Morgan fingerprint density at radius 1 is 0.634 bits per heavy atom. The molecule has 0 N–H and O–H groups in total. The first-order chi connectivity index (χ1) is 19.6. The Morgan fingerprint density at radius 2 is 1.22 bits per heavy atom. The summed E-state index contributed by atoms with van der Waals surface area (Å²) in [6.07, 6.45) is 1.91. The first kappa shape index (κ1) is 29.8. The molecule has 4 rings (SSSR count). The number of hydrogen-bond acceptors (Lipinski definition) is 0. The van der Waals surface area contributed by atoms with Gasteiger partial charge in [0.05, 0.1) is 0 Å². The van der Waals surface area contributed by atoms with E-state index in [0.717, 1.165) is 60.5 Å². The number of hydrogen-bond donors (Lipinski definition) is 0. The van der Waals surface area contributed by atoms with Gasteiger partial charge in [-0.3, -0.25) is 0 Å². The van der Waals surface area contributed by atoms with Crippen molar-refractivity contribution in [1.29, 1.82) is 0 Å². The van der Waals surface area contributed by atoms with Crippen molar-refractivity contribution in [3.8, 4) is 22.3 Å². The zero-order valence-corrected chi connectivity index (χ0v) is 21.8. The Labute approximate surface area is 232 Å². The summed E-state index contributed by atoms with van der Waals surface area (Å²) < 4.78 is 112. The minimum atomic E-state index is -2.76. The van der Waals surface area contributed by atoms with Gasteiger partial charge in [-0.15, -0.1) is 0 Å². The summed E-state index contributed by atoms with van der Waals surface area (Å²) in [5.41, 5.74) is 0.0691. The van der Waals surface area contributed by atoms with E-state index in [2.05, 4.69) is 0 Å². The molecule has 0 atom stereocenters. The monoisotopic (exact) mass is 572 g/mol. The lowest BCUT2D eigenvalue weighted by Crippen LogP contribution is -1.96. The molecule has 0 heterocycles. The summed E-state index contributed by atoms with van der Waals surface area (Å²) in [7, 11) is 0. The molecule has 0 nitrogen and oxygen atoms in total. The number of rotatable bonds is 9. The van der Waals surface area contributed by atoms with Crippen LogP contribution in [0.5, 0.6) is 0 Å². The molecule has 0 bridgehead atoms. The van der Waals surface area contributed by atoms with E-state index in [1.165, 1.54) is 18.2 Å². The molecule has 0 aliphatic heterocycles. The smallest absolute Gasteiger partial charge is 0.207 e. The SMILES string of the molecule is CCCc1ccc(-c2ccc(-c3cc(F)c(/C=C/c4cc(F)c(C/C=C/C(F)F)c(F)c4)c(F)c3)c(F)c2)c(F)c1. The number of alkyl halides is 2. The molecule has 212 valence electrons. The summed E-state index contributed by atoms with van der Waals surface area (Å²) >= 11 is 0. The van der Waals surface area contributed by atoms with Crippen molar-refractivity contribution in [2.45, 2.75) is 32.6 Å².